The molecule has 3 N–H and O–H groups in total. The topological polar surface area (TPSA) is 69.6 Å². The van der Waals surface area contributed by atoms with Crippen LogP contribution < -0.4 is 5.32 Å². The Bertz CT molecular complexity index is 131. The molecule has 0 aromatic heterocycles. The molecule has 1 heterocycles. The number of hydrogen-bond donors (Lipinski definition) is 3. The second kappa shape index (κ2) is 5.40. The zero-order valence-corrected chi connectivity index (χ0v) is 6.37. The molecule has 11 heavy (non-hydrogen) atoms. The maximum absolute atomic E-state index is 10.2. The van der Waals surface area contributed by atoms with Gasteiger partial charge in [0.05, 0.1) is 6.10 Å². The van der Waals surface area contributed by atoms with Gasteiger partial charge in [-0.15, -0.1) is 0 Å². The van der Waals surface area contributed by atoms with Gasteiger partial charge in [0, 0.05) is 13.0 Å². The average molecular weight is 181 g/mol. The van der Waals surface area contributed by atoms with Crippen molar-refractivity contribution in [3.05, 3.63) is 0 Å². The highest BCUT2D eigenvalue weighted by atomic mass is 32.1. The van der Waals surface area contributed by atoms with Crippen LogP contribution in [0.3, 0.4) is 0 Å². The lowest BCUT2D eigenvalue weighted by Gasteiger charge is -1.99. The second-order valence-corrected chi connectivity index (χ2v) is 2.19. The van der Waals surface area contributed by atoms with Crippen LogP contribution in [0, 0.1) is 0 Å². The molecule has 2 atom stereocenters. The van der Waals surface area contributed by atoms with Gasteiger partial charge in [0.25, 0.3) is 0 Å². The van der Waals surface area contributed by atoms with E-state index in [1.54, 1.807) is 0 Å². The predicted molar refractivity (Wildman–Crippen MR) is 47.2 cm³/mol. The first-order chi connectivity index (χ1) is 4.20. The van der Waals surface area contributed by atoms with Gasteiger partial charge in [-0.3, -0.25) is 4.79 Å². The minimum Gasteiger partial charge on any atom is -0.480 e. The fraction of sp³-hybridized carbons (Fsp3) is 0.833. The number of aliphatic hydroxyl groups is 1. The van der Waals surface area contributed by atoms with Crippen molar-refractivity contribution < 1.29 is 15.0 Å². The van der Waals surface area contributed by atoms with Gasteiger partial charge >= 0.3 is 5.97 Å². The minimum atomic E-state index is -0.883. The summed E-state index contributed by atoms with van der Waals surface area (Å²) in [7, 11) is 0. The van der Waals surface area contributed by atoms with Crippen molar-refractivity contribution in [2.75, 3.05) is 6.54 Å². The van der Waals surface area contributed by atoms with Crippen molar-refractivity contribution in [1.82, 2.24) is 5.32 Å². The molecule has 1 aliphatic rings. The first-order valence-corrected chi connectivity index (χ1v) is 2.84. The molecule has 0 saturated carbocycles. The van der Waals surface area contributed by atoms with Crippen molar-refractivity contribution in [1.29, 1.82) is 0 Å². The van der Waals surface area contributed by atoms with Gasteiger partial charge < -0.3 is 15.5 Å². The van der Waals surface area contributed by atoms with E-state index in [0.717, 1.165) is 0 Å². The van der Waals surface area contributed by atoms with Gasteiger partial charge in [0.15, 0.2) is 0 Å². The van der Waals surface area contributed by atoms with Crippen LogP contribution in [-0.2, 0) is 4.79 Å². The molecular formula is C6H15NO3S. The summed E-state index contributed by atoms with van der Waals surface area (Å²) in [4.78, 5) is 10.2. The molecule has 0 spiro atoms. The summed E-state index contributed by atoms with van der Waals surface area (Å²) >= 11 is 0. The van der Waals surface area contributed by atoms with Crippen LogP contribution in [0.15, 0.2) is 0 Å². The number of nitrogens with one attached hydrogen (secondary N) is 1. The van der Waals surface area contributed by atoms with E-state index in [4.69, 9.17) is 10.2 Å². The summed E-state index contributed by atoms with van der Waals surface area (Å²) < 4.78 is 0. The largest absolute Gasteiger partial charge is 0.480 e. The average Bonchev–Trinajstić information content (AvgIpc) is 2.14. The van der Waals surface area contributed by atoms with Crippen molar-refractivity contribution in [2.45, 2.75) is 26.0 Å². The van der Waals surface area contributed by atoms with Gasteiger partial charge in [0.1, 0.15) is 6.04 Å². The van der Waals surface area contributed by atoms with E-state index in [2.05, 4.69) is 5.32 Å². The van der Waals surface area contributed by atoms with Crippen LogP contribution >= 0.6 is 13.5 Å². The number of hydrogen-bond acceptors (Lipinski definition) is 3. The molecule has 0 amide bonds. The molecule has 0 unspecified atom stereocenters. The highest BCUT2D eigenvalue weighted by Gasteiger charge is 2.27. The Morgan fingerprint density at radius 3 is 2.27 bits per heavy atom. The molecule has 68 valence electrons. The summed E-state index contributed by atoms with van der Waals surface area (Å²) in [6, 6.07) is -0.542. The fourth-order valence-electron chi connectivity index (χ4n) is 0.905. The Morgan fingerprint density at radius 1 is 1.55 bits per heavy atom. The highest BCUT2D eigenvalue weighted by Crippen LogP contribution is 2.05. The number of carbonyl (C=O) groups is 1. The lowest BCUT2D eigenvalue weighted by molar-refractivity contribution is -0.139. The molecule has 0 bridgehead atoms. The van der Waals surface area contributed by atoms with E-state index < -0.39 is 18.1 Å². The molecule has 5 heteroatoms. The van der Waals surface area contributed by atoms with Crippen molar-refractivity contribution in [3.8, 4) is 0 Å². The minimum absolute atomic E-state index is 0. The zero-order chi connectivity index (χ0) is 6.85. The Balaban J connectivity index is 0. The van der Waals surface area contributed by atoms with E-state index in [0.29, 0.717) is 13.0 Å². The first-order valence-electron chi connectivity index (χ1n) is 2.84. The van der Waals surface area contributed by atoms with Crippen molar-refractivity contribution in [2.24, 2.45) is 0 Å². The molecule has 0 aromatic rings. The van der Waals surface area contributed by atoms with Crippen LogP contribution in [0.25, 0.3) is 0 Å². The van der Waals surface area contributed by atoms with Crippen LogP contribution in [0.5, 0.6) is 0 Å². The zero-order valence-electron chi connectivity index (χ0n) is 5.37. The molecule has 1 fully saturated rings. The van der Waals surface area contributed by atoms with Crippen LogP contribution in [0.1, 0.15) is 13.8 Å². The molecule has 0 aliphatic carbocycles. The maximum Gasteiger partial charge on any atom is 0.320 e. The normalized spacial score (nSPS) is 28.5. The predicted octanol–water partition coefficient (Wildman–Crippen LogP) is -0.457. The lowest BCUT2D eigenvalue weighted by atomic mass is 10.2. The van der Waals surface area contributed by atoms with Gasteiger partial charge in [-0.2, -0.15) is 13.5 Å². The van der Waals surface area contributed by atoms with E-state index in [1.807, 2.05) is 0 Å². The molecule has 1 rings (SSSR count). The summed E-state index contributed by atoms with van der Waals surface area (Å²) in [5, 5.41) is 19.8. The fourth-order valence-corrected chi connectivity index (χ4v) is 0.905. The molecule has 0 radical (unpaired) electrons. The van der Waals surface area contributed by atoms with Crippen molar-refractivity contribution in [3.63, 3.8) is 0 Å². The number of aliphatic carboxylic acids is 1. The summed E-state index contributed by atoms with van der Waals surface area (Å²) in [6.45, 7) is 0.400. The van der Waals surface area contributed by atoms with Crippen LogP contribution in [-0.4, -0.2) is 34.9 Å². The van der Waals surface area contributed by atoms with Gasteiger partial charge in [-0.25, -0.2) is 0 Å². The van der Waals surface area contributed by atoms with Crippen molar-refractivity contribution >= 4 is 19.5 Å². The number of carboxylic acid groups (broad SMARTS) is 1. The monoisotopic (exact) mass is 181 g/mol. The quantitative estimate of drug-likeness (QED) is 0.512. The Kier molecular flexibility index (Phi) is 6.55. The van der Waals surface area contributed by atoms with Crippen LogP contribution in [0.2, 0.25) is 0 Å². The molecular weight excluding hydrogens is 166 g/mol. The lowest BCUT2D eigenvalue weighted by Crippen LogP contribution is -2.29. The number of carboxylic acids is 1. The SMILES string of the molecule is C.O=C(O)[C@@H]1C[C@@H](O)CN1.S. The summed E-state index contributed by atoms with van der Waals surface area (Å²) in [5.41, 5.74) is 0. The van der Waals surface area contributed by atoms with Crippen LogP contribution in [0.4, 0.5) is 0 Å². The van der Waals surface area contributed by atoms with Gasteiger partial charge in [-0.1, -0.05) is 7.43 Å². The highest BCUT2D eigenvalue weighted by molar-refractivity contribution is 7.59. The maximum atomic E-state index is 10.2. The van der Waals surface area contributed by atoms with E-state index in [1.165, 1.54) is 0 Å². The van der Waals surface area contributed by atoms with E-state index in [-0.39, 0.29) is 20.9 Å². The van der Waals surface area contributed by atoms with E-state index >= 15 is 0 Å². The standard InChI is InChI=1S/C5H9NO3.CH4.H2S/c7-3-1-4(5(8)9)6-2-3;;/h3-4,6-7H,1-2H2,(H,8,9);1H4;1H2/t3-,4+;;/m1../s1. The summed E-state index contributed by atoms with van der Waals surface area (Å²) in [5.74, 6) is -0.883. The number of rotatable bonds is 1. The molecule has 1 aliphatic heterocycles. The number of aliphatic hydroxyl groups excluding tert-OH is 1. The molecule has 0 aromatic carbocycles. The third-order valence-electron chi connectivity index (χ3n) is 1.41. The third kappa shape index (κ3) is 3.60. The smallest absolute Gasteiger partial charge is 0.320 e. The summed E-state index contributed by atoms with van der Waals surface area (Å²) in [6.07, 6.45) is -0.152. The molecule has 4 nitrogen and oxygen atoms in total. The third-order valence-corrected chi connectivity index (χ3v) is 1.41. The second-order valence-electron chi connectivity index (χ2n) is 2.19. The first kappa shape index (κ1) is 13.3. The van der Waals surface area contributed by atoms with Gasteiger partial charge in [-0.05, 0) is 0 Å². The molecule has 1 saturated heterocycles. The Labute approximate surface area is 73.1 Å². The Morgan fingerprint density at radius 2 is 2.09 bits per heavy atom. The van der Waals surface area contributed by atoms with E-state index in [9.17, 15) is 4.79 Å². The van der Waals surface area contributed by atoms with Gasteiger partial charge in [0.2, 0.25) is 0 Å². The number of β-amino-alcohol motifs (C(OH)–C–C–N with tert-alkyl or cyclic N) is 1. The Hall–Kier alpha value is -0.260.